The number of nitrogens with one attached hydrogen (secondary N) is 1. The van der Waals surface area contributed by atoms with Gasteiger partial charge in [-0.15, -0.1) is 0 Å². The van der Waals surface area contributed by atoms with Crippen molar-refractivity contribution in [3.05, 3.63) is 78.0 Å². The molecule has 0 fully saturated rings. The van der Waals surface area contributed by atoms with Crippen molar-refractivity contribution in [2.24, 2.45) is 0 Å². The second kappa shape index (κ2) is 9.60. The van der Waals surface area contributed by atoms with Crippen LogP contribution in [0.3, 0.4) is 0 Å². The maximum absolute atomic E-state index is 13.2. The number of aromatic nitrogens is 5. The number of halogens is 3. The minimum absolute atomic E-state index is 0.0113. The van der Waals surface area contributed by atoms with Gasteiger partial charge in [0.1, 0.15) is 0 Å². The second-order valence-corrected chi connectivity index (χ2v) is 7.07. The highest BCUT2D eigenvalue weighted by Gasteiger charge is 2.34. The van der Waals surface area contributed by atoms with Crippen LogP contribution in [0.2, 0.25) is 0 Å². The summed E-state index contributed by atoms with van der Waals surface area (Å²) in [6.07, 6.45) is 0.581. The summed E-state index contributed by atoms with van der Waals surface area (Å²) in [6.45, 7) is 1.83. The number of alkyl halides is 3. The van der Waals surface area contributed by atoms with Crippen molar-refractivity contribution < 1.29 is 22.7 Å². The number of carbonyl (C=O) groups excluding carboxylic acids is 1. The van der Waals surface area contributed by atoms with E-state index in [2.05, 4.69) is 25.4 Å². The molecule has 1 N–H and O–H groups in total. The average Bonchev–Trinajstić information content (AvgIpc) is 3.35. The summed E-state index contributed by atoms with van der Waals surface area (Å²) >= 11 is 0. The molecule has 12 heteroatoms. The Bertz CT molecular complexity index is 1430. The summed E-state index contributed by atoms with van der Waals surface area (Å²) in [6, 6.07) is 10.8. The standard InChI is InChI=1S/C23H16F3N7O2/c1-2-35-21(34)16-9-15(11-28-12-16)18-13-29-22(30-17-5-3-4-14(8-17)10-27)31-20(18)33-7-6-19(32-33)23(24,25)26/h3-9,11-13H,2H2,1H3,(H,29,30,31). The van der Waals surface area contributed by atoms with Gasteiger partial charge >= 0.3 is 12.1 Å². The summed E-state index contributed by atoms with van der Waals surface area (Å²) in [5.74, 6) is -0.534. The zero-order valence-corrected chi connectivity index (χ0v) is 18.1. The lowest BCUT2D eigenvalue weighted by Crippen LogP contribution is -2.10. The summed E-state index contributed by atoms with van der Waals surface area (Å²) in [4.78, 5) is 24.8. The molecule has 0 aliphatic rings. The highest BCUT2D eigenvalue weighted by atomic mass is 19.4. The van der Waals surface area contributed by atoms with Gasteiger partial charge in [-0.1, -0.05) is 6.07 Å². The van der Waals surface area contributed by atoms with Crippen LogP contribution in [0.25, 0.3) is 16.9 Å². The first-order chi connectivity index (χ1) is 16.8. The number of pyridine rings is 1. The third-order valence-electron chi connectivity index (χ3n) is 4.67. The first-order valence-corrected chi connectivity index (χ1v) is 10.2. The number of esters is 1. The number of ether oxygens (including phenoxy) is 1. The molecule has 4 rings (SSSR count). The van der Waals surface area contributed by atoms with E-state index in [9.17, 15) is 18.0 Å². The van der Waals surface area contributed by atoms with Gasteiger partial charge in [-0.2, -0.15) is 28.5 Å². The number of benzene rings is 1. The Morgan fingerprint density at radius 3 is 2.74 bits per heavy atom. The number of hydrogen-bond donors (Lipinski definition) is 1. The molecule has 0 spiro atoms. The molecular weight excluding hydrogens is 463 g/mol. The lowest BCUT2D eigenvalue weighted by atomic mass is 10.1. The topological polar surface area (TPSA) is 119 Å². The predicted octanol–water partition coefficient (Wildman–Crippen LogP) is 4.54. The van der Waals surface area contributed by atoms with E-state index < -0.39 is 17.8 Å². The summed E-state index contributed by atoms with van der Waals surface area (Å²) in [5.41, 5.74) is 0.601. The van der Waals surface area contributed by atoms with E-state index >= 15 is 0 Å². The second-order valence-electron chi connectivity index (χ2n) is 7.07. The zero-order valence-electron chi connectivity index (χ0n) is 18.1. The largest absolute Gasteiger partial charge is 0.462 e. The lowest BCUT2D eigenvalue weighted by molar-refractivity contribution is -0.141. The molecule has 9 nitrogen and oxygen atoms in total. The van der Waals surface area contributed by atoms with Crippen molar-refractivity contribution in [3.63, 3.8) is 0 Å². The molecule has 1 aromatic carbocycles. The number of carbonyl (C=O) groups is 1. The first kappa shape index (κ1) is 23.4. The third kappa shape index (κ3) is 5.25. The SMILES string of the molecule is CCOC(=O)c1cncc(-c2cnc(Nc3cccc(C#N)c3)nc2-n2ccc(C(F)(F)F)n2)c1. The summed E-state index contributed by atoms with van der Waals surface area (Å²) in [5, 5.41) is 15.6. The van der Waals surface area contributed by atoms with Crippen LogP contribution in [-0.2, 0) is 10.9 Å². The average molecular weight is 479 g/mol. The fourth-order valence-electron chi connectivity index (χ4n) is 3.11. The van der Waals surface area contributed by atoms with Crippen LogP contribution in [0.5, 0.6) is 0 Å². The molecule has 0 radical (unpaired) electrons. The number of hydrogen-bond acceptors (Lipinski definition) is 8. The number of nitriles is 1. The van der Waals surface area contributed by atoms with E-state index in [4.69, 9.17) is 10.00 Å². The lowest BCUT2D eigenvalue weighted by Gasteiger charge is -2.12. The molecular formula is C23H16F3N7O2. The smallest absolute Gasteiger partial charge is 0.435 e. The van der Waals surface area contributed by atoms with Gasteiger partial charge in [-0.25, -0.2) is 14.5 Å². The molecule has 4 aromatic rings. The van der Waals surface area contributed by atoms with E-state index in [0.29, 0.717) is 16.8 Å². The molecule has 0 saturated heterocycles. The van der Waals surface area contributed by atoms with E-state index in [1.165, 1.54) is 24.7 Å². The third-order valence-corrected chi connectivity index (χ3v) is 4.67. The Morgan fingerprint density at radius 2 is 2.03 bits per heavy atom. The number of rotatable bonds is 6. The van der Waals surface area contributed by atoms with E-state index in [1.54, 1.807) is 31.2 Å². The Balaban J connectivity index is 1.80. The molecule has 0 aliphatic heterocycles. The van der Waals surface area contributed by atoms with Crippen molar-refractivity contribution >= 4 is 17.6 Å². The Morgan fingerprint density at radius 1 is 1.20 bits per heavy atom. The van der Waals surface area contributed by atoms with Crippen molar-refractivity contribution in [2.45, 2.75) is 13.1 Å². The van der Waals surface area contributed by atoms with E-state index in [1.807, 2.05) is 6.07 Å². The van der Waals surface area contributed by atoms with Gasteiger partial charge in [0.25, 0.3) is 0 Å². The normalized spacial score (nSPS) is 11.1. The zero-order chi connectivity index (χ0) is 25.0. The van der Waals surface area contributed by atoms with Crippen molar-refractivity contribution in [1.82, 2.24) is 24.7 Å². The molecule has 3 heterocycles. The van der Waals surface area contributed by atoms with Crippen LogP contribution in [0.1, 0.15) is 28.5 Å². The summed E-state index contributed by atoms with van der Waals surface area (Å²) < 4.78 is 45.5. The van der Waals surface area contributed by atoms with Crippen molar-refractivity contribution in [2.75, 3.05) is 11.9 Å². The van der Waals surface area contributed by atoms with Crippen LogP contribution in [0.15, 0.2) is 61.2 Å². The number of nitrogens with zero attached hydrogens (tertiary/aromatic N) is 6. The van der Waals surface area contributed by atoms with Crippen molar-refractivity contribution in [1.29, 1.82) is 5.26 Å². The molecule has 35 heavy (non-hydrogen) atoms. The minimum Gasteiger partial charge on any atom is -0.462 e. The monoisotopic (exact) mass is 479 g/mol. The molecule has 0 amide bonds. The minimum atomic E-state index is -4.65. The van der Waals surface area contributed by atoms with Gasteiger partial charge in [0.2, 0.25) is 5.95 Å². The van der Waals surface area contributed by atoms with Gasteiger partial charge in [0, 0.05) is 41.6 Å². The highest BCUT2D eigenvalue weighted by molar-refractivity contribution is 5.90. The quantitative estimate of drug-likeness (QED) is 0.401. The van der Waals surface area contributed by atoms with Crippen molar-refractivity contribution in [3.8, 4) is 23.0 Å². The Labute approximate surface area is 196 Å². The maximum atomic E-state index is 13.2. The molecule has 0 atom stereocenters. The van der Waals surface area contributed by atoms with Gasteiger partial charge in [0.15, 0.2) is 11.5 Å². The molecule has 0 bridgehead atoms. The van der Waals surface area contributed by atoms with E-state index in [0.717, 1.165) is 16.9 Å². The highest BCUT2D eigenvalue weighted by Crippen LogP contribution is 2.30. The van der Waals surface area contributed by atoms with E-state index in [-0.39, 0.29) is 29.5 Å². The molecule has 3 aromatic heterocycles. The fourth-order valence-corrected chi connectivity index (χ4v) is 3.11. The molecule has 0 saturated carbocycles. The Kier molecular flexibility index (Phi) is 6.41. The van der Waals surface area contributed by atoms with Crippen LogP contribution in [0, 0.1) is 11.3 Å². The van der Waals surface area contributed by atoms with Crippen LogP contribution >= 0.6 is 0 Å². The predicted molar refractivity (Wildman–Crippen MR) is 118 cm³/mol. The molecule has 0 unspecified atom stereocenters. The van der Waals surface area contributed by atoms with Gasteiger partial charge in [-0.3, -0.25) is 4.98 Å². The molecule has 176 valence electrons. The van der Waals surface area contributed by atoms with Gasteiger partial charge < -0.3 is 10.1 Å². The molecule has 0 aliphatic carbocycles. The first-order valence-electron chi connectivity index (χ1n) is 10.2. The summed E-state index contributed by atoms with van der Waals surface area (Å²) in [7, 11) is 0. The van der Waals surface area contributed by atoms with Crippen LogP contribution in [-0.4, -0.2) is 37.3 Å². The maximum Gasteiger partial charge on any atom is 0.435 e. The Hall–Kier alpha value is -4.79. The van der Waals surface area contributed by atoms with Gasteiger partial charge in [0.05, 0.1) is 23.8 Å². The number of anilines is 2. The fraction of sp³-hybridized carbons (Fsp3) is 0.130. The van der Waals surface area contributed by atoms with Gasteiger partial charge in [-0.05, 0) is 37.3 Å². The van der Waals surface area contributed by atoms with Crippen LogP contribution in [0.4, 0.5) is 24.8 Å². The van der Waals surface area contributed by atoms with Crippen LogP contribution < -0.4 is 5.32 Å².